The van der Waals surface area contributed by atoms with Gasteiger partial charge in [-0.2, -0.15) is 0 Å². The van der Waals surface area contributed by atoms with Crippen molar-refractivity contribution in [2.45, 2.75) is 0 Å². The van der Waals surface area contributed by atoms with Gasteiger partial charge >= 0.3 is 0 Å². The molecule has 0 saturated heterocycles. The zero-order valence-corrected chi connectivity index (χ0v) is 7.49. The van der Waals surface area contributed by atoms with Crippen LogP contribution < -0.4 is 0 Å². The maximum atomic E-state index is 5.39. The summed E-state index contributed by atoms with van der Waals surface area (Å²) in [5.74, 6) is 0. The highest BCUT2D eigenvalue weighted by Gasteiger charge is 1.90. The third kappa shape index (κ3) is 6.52. The highest BCUT2D eigenvalue weighted by Crippen LogP contribution is 2.13. The molecule has 0 aromatic carbocycles. The molecule has 5 heteroatoms. The highest BCUT2D eigenvalue weighted by molar-refractivity contribution is 8.34. The molecule has 0 fully saturated rings. The van der Waals surface area contributed by atoms with Gasteiger partial charge in [-0.3, -0.25) is 4.99 Å². The van der Waals surface area contributed by atoms with Crippen LogP contribution >= 0.6 is 44.9 Å². The molecule has 0 saturated carbocycles. The largest absolute Gasteiger partial charge is 0.261 e. The van der Waals surface area contributed by atoms with Crippen LogP contribution in [0, 0.1) is 0 Å². The van der Waals surface area contributed by atoms with E-state index in [0.717, 1.165) is 11.0 Å². The third-order valence-corrected chi connectivity index (χ3v) is 1.84. The summed E-state index contributed by atoms with van der Waals surface area (Å²) in [6, 6.07) is 0. The molecule has 0 radical (unpaired) electrons. The molecular weight excluding hydrogens is 200 g/mol. The first kappa shape index (κ1) is 9.63. The molecule has 52 valence electrons. The molecule has 0 aliphatic heterocycles. The van der Waals surface area contributed by atoms with E-state index >= 15 is 0 Å². The van der Waals surface area contributed by atoms with E-state index in [0.29, 0.717) is 11.6 Å². The van der Waals surface area contributed by atoms with Crippen molar-refractivity contribution in [3.63, 3.8) is 0 Å². The summed E-state index contributed by atoms with van der Waals surface area (Å²) < 4.78 is 0.276. The molecular formula is C4H4Cl3NS. The molecule has 0 spiro atoms. The van der Waals surface area contributed by atoms with Crippen LogP contribution in [0.5, 0.6) is 0 Å². The minimum absolute atomic E-state index is 0.276. The normalized spacial score (nSPS) is 11.7. The lowest BCUT2D eigenvalue weighted by Gasteiger charge is -1.88. The second-order valence-electron chi connectivity index (χ2n) is 1.16. The zero-order valence-electron chi connectivity index (χ0n) is 4.40. The molecule has 0 amide bonds. The first-order chi connectivity index (χ1) is 4.16. The van der Waals surface area contributed by atoms with Gasteiger partial charge in [0.25, 0.3) is 0 Å². The van der Waals surface area contributed by atoms with Crippen molar-refractivity contribution in [1.29, 1.82) is 0 Å². The molecule has 0 N–H and O–H groups in total. The van der Waals surface area contributed by atoms with E-state index in [2.05, 4.69) is 11.6 Å². The van der Waals surface area contributed by atoms with Crippen molar-refractivity contribution < 1.29 is 0 Å². The van der Waals surface area contributed by atoms with Crippen molar-refractivity contribution in [3.8, 4) is 0 Å². The van der Waals surface area contributed by atoms with Gasteiger partial charge in [0, 0.05) is 16.0 Å². The van der Waals surface area contributed by atoms with E-state index in [1.165, 1.54) is 0 Å². The van der Waals surface area contributed by atoms with Crippen LogP contribution in [0.4, 0.5) is 0 Å². The second kappa shape index (κ2) is 5.42. The lowest BCUT2D eigenvalue weighted by atomic mass is 10.6. The maximum absolute atomic E-state index is 5.39. The average molecular weight is 205 g/mol. The minimum Gasteiger partial charge on any atom is -0.261 e. The number of nitrogens with zero attached hydrogens (tertiary/aromatic N) is 1. The van der Waals surface area contributed by atoms with Crippen molar-refractivity contribution in [3.05, 3.63) is 11.6 Å². The van der Waals surface area contributed by atoms with Gasteiger partial charge in [0.15, 0.2) is 4.50 Å². The van der Waals surface area contributed by atoms with Crippen LogP contribution in [0.15, 0.2) is 16.6 Å². The van der Waals surface area contributed by atoms with Crippen LogP contribution in [0.3, 0.4) is 0 Å². The molecule has 0 aromatic heterocycles. The van der Waals surface area contributed by atoms with E-state index in [1.54, 1.807) is 0 Å². The minimum atomic E-state index is 0.276. The Hall–Kier alpha value is 0.630. The molecule has 0 heterocycles. The van der Waals surface area contributed by atoms with Gasteiger partial charge in [0.1, 0.15) is 0 Å². The predicted molar refractivity (Wildman–Crippen MR) is 46.6 cm³/mol. The van der Waals surface area contributed by atoms with Crippen LogP contribution in [0.25, 0.3) is 0 Å². The maximum Gasteiger partial charge on any atom is 0.174 e. The van der Waals surface area contributed by atoms with Gasteiger partial charge in [0.05, 0.1) is 6.54 Å². The van der Waals surface area contributed by atoms with Crippen LogP contribution in [-0.2, 0) is 0 Å². The number of rotatable bonds is 2. The van der Waals surface area contributed by atoms with E-state index in [9.17, 15) is 0 Å². The van der Waals surface area contributed by atoms with Gasteiger partial charge < -0.3 is 0 Å². The Labute approximate surface area is 72.6 Å². The van der Waals surface area contributed by atoms with Crippen molar-refractivity contribution in [1.82, 2.24) is 0 Å². The summed E-state index contributed by atoms with van der Waals surface area (Å²) in [5.41, 5.74) is 0. The Balaban J connectivity index is 3.56. The molecule has 9 heavy (non-hydrogen) atoms. The number of hydrogen-bond acceptors (Lipinski definition) is 2. The van der Waals surface area contributed by atoms with E-state index in [4.69, 9.17) is 33.9 Å². The highest BCUT2D eigenvalue weighted by atomic mass is 35.7. The summed E-state index contributed by atoms with van der Waals surface area (Å²) in [5, 5.41) is 0.443. The topological polar surface area (TPSA) is 12.4 Å². The molecule has 0 rings (SSSR count). The standard InChI is InChI=1S/C4H4Cl3NS/c1-3(5)2-8-4(6)9-7/h1-2H2. The van der Waals surface area contributed by atoms with Crippen LogP contribution in [0.1, 0.15) is 0 Å². The first-order valence-electron chi connectivity index (χ1n) is 1.98. The van der Waals surface area contributed by atoms with E-state index < -0.39 is 0 Å². The van der Waals surface area contributed by atoms with Crippen molar-refractivity contribution in [2.75, 3.05) is 6.54 Å². The lowest BCUT2D eigenvalue weighted by Crippen LogP contribution is -1.80. The summed E-state index contributed by atoms with van der Waals surface area (Å²) in [4.78, 5) is 3.72. The molecule has 0 aliphatic carbocycles. The Morgan fingerprint density at radius 2 is 2.11 bits per heavy atom. The van der Waals surface area contributed by atoms with Gasteiger partial charge in [-0.15, -0.1) is 0 Å². The SMILES string of the molecule is C=C(Cl)CN=C(Cl)SCl. The van der Waals surface area contributed by atoms with Gasteiger partial charge in [0.2, 0.25) is 0 Å². The lowest BCUT2D eigenvalue weighted by molar-refractivity contribution is 1.24. The van der Waals surface area contributed by atoms with Crippen LogP contribution in [-0.4, -0.2) is 11.0 Å². The average Bonchev–Trinajstić information content (AvgIpc) is 1.83. The summed E-state index contributed by atoms with van der Waals surface area (Å²) >= 11 is 10.8. The monoisotopic (exact) mass is 203 g/mol. The number of hydrogen-bond donors (Lipinski definition) is 0. The summed E-state index contributed by atoms with van der Waals surface area (Å²) in [6.45, 7) is 3.73. The summed E-state index contributed by atoms with van der Waals surface area (Å²) in [7, 11) is 6.07. The molecule has 0 aliphatic rings. The van der Waals surface area contributed by atoms with Crippen molar-refractivity contribution in [2.24, 2.45) is 4.99 Å². The van der Waals surface area contributed by atoms with Crippen LogP contribution in [0.2, 0.25) is 0 Å². The second-order valence-corrected chi connectivity index (χ2v) is 3.28. The number of halogens is 3. The smallest absolute Gasteiger partial charge is 0.174 e. The molecule has 1 nitrogen and oxygen atoms in total. The fraction of sp³-hybridized carbons (Fsp3) is 0.250. The molecule has 0 bridgehead atoms. The van der Waals surface area contributed by atoms with E-state index in [1.807, 2.05) is 0 Å². The Kier molecular flexibility index (Phi) is 5.80. The fourth-order valence-electron chi connectivity index (χ4n) is 0.172. The fourth-order valence-corrected chi connectivity index (χ4v) is 0.552. The predicted octanol–water partition coefficient (Wildman–Crippen LogP) is 3.22. The first-order valence-corrected chi connectivity index (χ1v) is 4.38. The van der Waals surface area contributed by atoms with Gasteiger partial charge in [-0.05, 0) is 10.7 Å². The molecule has 0 atom stereocenters. The Bertz CT molecular complexity index is 134. The Morgan fingerprint density at radius 1 is 1.56 bits per heavy atom. The van der Waals surface area contributed by atoms with Gasteiger partial charge in [-0.25, -0.2) is 0 Å². The molecule has 0 aromatic rings. The Morgan fingerprint density at radius 3 is 2.44 bits per heavy atom. The zero-order chi connectivity index (χ0) is 7.28. The number of aliphatic imine (C=N–C) groups is 1. The summed E-state index contributed by atoms with van der Waals surface area (Å²) in [6.07, 6.45) is 0. The quantitative estimate of drug-likeness (QED) is 0.497. The molecule has 0 unspecified atom stereocenters. The van der Waals surface area contributed by atoms with Gasteiger partial charge in [-0.1, -0.05) is 29.8 Å². The third-order valence-electron chi connectivity index (χ3n) is 0.439. The van der Waals surface area contributed by atoms with E-state index in [-0.39, 0.29) is 4.50 Å². The van der Waals surface area contributed by atoms with Crippen molar-refractivity contribution >= 4 is 49.4 Å².